The standard InChI is InChI=1S/C15H19ClN2O/c1-17-13-6-4-10-18(11-13)15(19)9-8-12-5-2-3-7-14(12)16/h2-3,5,7-9,13,17H,4,6,10-11H2,1H3. The van der Waals surface area contributed by atoms with Crippen LogP contribution in [0.2, 0.25) is 5.02 Å². The van der Waals surface area contributed by atoms with Gasteiger partial charge < -0.3 is 10.2 Å². The van der Waals surface area contributed by atoms with Crippen LogP contribution >= 0.6 is 11.6 Å². The molecule has 1 aromatic rings. The van der Waals surface area contributed by atoms with Crippen molar-refractivity contribution in [3.8, 4) is 0 Å². The minimum atomic E-state index is 0.0554. The molecule has 1 saturated heterocycles. The number of amides is 1. The molecule has 1 aromatic carbocycles. The van der Waals surface area contributed by atoms with E-state index in [1.807, 2.05) is 36.2 Å². The molecule has 1 atom stereocenters. The number of benzene rings is 1. The highest BCUT2D eigenvalue weighted by Crippen LogP contribution is 2.17. The largest absolute Gasteiger partial charge is 0.338 e. The Labute approximate surface area is 119 Å². The minimum absolute atomic E-state index is 0.0554. The number of likely N-dealkylation sites (N-methyl/N-ethyl adjacent to an activating group) is 1. The van der Waals surface area contributed by atoms with E-state index < -0.39 is 0 Å². The first-order valence-electron chi connectivity index (χ1n) is 6.59. The molecule has 19 heavy (non-hydrogen) atoms. The summed E-state index contributed by atoms with van der Waals surface area (Å²) < 4.78 is 0. The Morgan fingerprint density at radius 2 is 2.26 bits per heavy atom. The van der Waals surface area contributed by atoms with Gasteiger partial charge in [-0.25, -0.2) is 0 Å². The van der Waals surface area contributed by atoms with Crippen LogP contribution in [0.5, 0.6) is 0 Å². The first kappa shape index (κ1) is 14.1. The molecule has 1 amide bonds. The fourth-order valence-corrected chi connectivity index (χ4v) is 2.49. The van der Waals surface area contributed by atoms with Crippen molar-refractivity contribution in [3.05, 3.63) is 40.9 Å². The Bertz CT molecular complexity index is 473. The Hall–Kier alpha value is -1.32. The van der Waals surface area contributed by atoms with E-state index in [4.69, 9.17) is 11.6 Å². The molecule has 2 rings (SSSR count). The predicted octanol–water partition coefficient (Wildman–Crippen LogP) is 2.56. The van der Waals surface area contributed by atoms with Crippen LogP contribution in [0.1, 0.15) is 18.4 Å². The van der Waals surface area contributed by atoms with E-state index in [0.29, 0.717) is 11.1 Å². The molecule has 3 nitrogen and oxygen atoms in total. The van der Waals surface area contributed by atoms with Crippen LogP contribution in [0.15, 0.2) is 30.3 Å². The van der Waals surface area contributed by atoms with Crippen molar-refractivity contribution < 1.29 is 4.79 Å². The van der Waals surface area contributed by atoms with Gasteiger partial charge in [0.05, 0.1) is 0 Å². The molecule has 0 aliphatic carbocycles. The average molecular weight is 279 g/mol. The molecule has 0 saturated carbocycles. The lowest BCUT2D eigenvalue weighted by molar-refractivity contribution is -0.127. The molecule has 0 aromatic heterocycles. The predicted molar refractivity (Wildman–Crippen MR) is 79.1 cm³/mol. The summed E-state index contributed by atoms with van der Waals surface area (Å²) in [7, 11) is 1.94. The summed E-state index contributed by atoms with van der Waals surface area (Å²) in [4.78, 5) is 14.0. The summed E-state index contributed by atoms with van der Waals surface area (Å²) in [6.07, 6.45) is 5.58. The maximum atomic E-state index is 12.1. The molecular weight excluding hydrogens is 260 g/mol. The second-order valence-electron chi connectivity index (χ2n) is 4.77. The summed E-state index contributed by atoms with van der Waals surface area (Å²) >= 11 is 6.05. The summed E-state index contributed by atoms with van der Waals surface area (Å²) in [6.45, 7) is 1.62. The fourth-order valence-electron chi connectivity index (χ4n) is 2.29. The van der Waals surface area contributed by atoms with Crippen LogP contribution in [0.4, 0.5) is 0 Å². The van der Waals surface area contributed by atoms with Crippen LogP contribution in [-0.2, 0) is 4.79 Å². The van der Waals surface area contributed by atoms with Gasteiger partial charge in [-0.1, -0.05) is 29.8 Å². The SMILES string of the molecule is CNC1CCCN(C(=O)C=Cc2ccccc2Cl)C1. The maximum absolute atomic E-state index is 12.1. The Morgan fingerprint density at radius 1 is 1.47 bits per heavy atom. The highest BCUT2D eigenvalue weighted by atomic mass is 35.5. The fraction of sp³-hybridized carbons (Fsp3) is 0.400. The van der Waals surface area contributed by atoms with Crippen LogP contribution in [0, 0.1) is 0 Å². The number of hydrogen-bond donors (Lipinski definition) is 1. The molecule has 0 spiro atoms. The minimum Gasteiger partial charge on any atom is -0.338 e. The molecule has 1 heterocycles. The van der Waals surface area contributed by atoms with Gasteiger partial charge >= 0.3 is 0 Å². The lowest BCUT2D eigenvalue weighted by Gasteiger charge is -2.31. The Kier molecular flexibility index (Phi) is 5.00. The average Bonchev–Trinajstić information content (AvgIpc) is 2.46. The number of piperidine rings is 1. The van der Waals surface area contributed by atoms with Crippen molar-refractivity contribution >= 4 is 23.6 Å². The third-order valence-corrected chi connectivity index (χ3v) is 3.80. The topological polar surface area (TPSA) is 32.3 Å². The molecule has 1 aliphatic heterocycles. The lowest BCUT2D eigenvalue weighted by atomic mass is 10.1. The molecular formula is C15H19ClN2O. The number of nitrogens with one attached hydrogen (secondary N) is 1. The Morgan fingerprint density at radius 3 is 3.00 bits per heavy atom. The maximum Gasteiger partial charge on any atom is 0.246 e. The van der Waals surface area contributed by atoms with Gasteiger partial charge in [-0.2, -0.15) is 0 Å². The van der Waals surface area contributed by atoms with Crippen LogP contribution < -0.4 is 5.32 Å². The van der Waals surface area contributed by atoms with Crippen LogP contribution in [-0.4, -0.2) is 37.0 Å². The number of carbonyl (C=O) groups excluding carboxylic acids is 1. The van der Waals surface area contributed by atoms with E-state index in [2.05, 4.69) is 5.32 Å². The highest BCUT2D eigenvalue weighted by molar-refractivity contribution is 6.32. The third kappa shape index (κ3) is 3.82. The second-order valence-corrected chi connectivity index (χ2v) is 5.17. The first-order valence-corrected chi connectivity index (χ1v) is 6.97. The van der Waals surface area contributed by atoms with Gasteiger partial charge in [0.15, 0.2) is 0 Å². The van der Waals surface area contributed by atoms with Gasteiger partial charge in [0.25, 0.3) is 0 Å². The number of halogens is 1. The zero-order valence-electron chi connectivity index (χ0n) is 11.1. The number of rotatable bonds is 3. The summed E-state index contributed by atoms with van der Waals surface area (Å²) in [5, 5.41) is 3.90. The van der Waals surface area contributed by atoms with Gasteiger partial charge in [-0.05, 0) is 37.6 Å². The van der Waals surface area contributed by atoms with E-state index in [-0.39, 0.29) is 5.91 Å². The smallest absolute Gasteiger partial charge is 0.246 e. The van der Waals surface area contributed by atoms with Gasteiger partial charge in [0.1, 0.15) is 0 Å². The first-order chi connectivity index (χ1) is 9.20. The van der Waals surface area contributed by atoms with Crippen molar-refractivity contribution in [2.45, 2.75) is 18.9 Å². The van der Waals surface area contributed by atoms with Gasteiger partial charge in [0, 0.05) is 30.2 Å². The summed E-state index contributed by atoms with van der Waals surface area (Å²) in [5.41, 5.74) is 0.875. The van der Waals surface area contributed by atoms with Crippen molar-refractivity contribution in [2.24, 2.45) is 0 Å². The molecule has 1 N–H and O–H groups in total. The molecule has 0 radical (unpaired) electrons. The van der Waals surface area contributed by atoms with Gasteiger partial charge in [-0.3, -0.25) is 4.79 Å². The normalized spacial score (nSPS) is 19.9. The van der Waals surface area contributed by atoms with Crippen molar-refractivity contribution in [3.63, 3.8) is 0 Å². The summed E-state index contributed by atoms with van der Waals surface area (Å²) in [6, 6.07) is 7.92. The van der Waals surface area contributed by atoms with Gasteiger partial charge in [0.2, 0.25) is 5.91 Å². The Balaban J connectivity index is 1.99. The number of likely N-dealkylation sites (tertiary alicyclic amines) is 1. The second kappa shape index (κ2) is 6.73. The van der Waals surface area contributed by atoms with Crippen LogP contribution in [0.25, 0.3) is 6.08 Å². The molecule has 1 fully saturated rings. The molecule has 4 heteroatoms. The zero-order chi connectivity index (χ0) is 13.7. The molecule has 102 valence electrons. The monoisotopic (exact) mass is 278 g/mol. The lowest BCUT2D eigenvalue weighted by Crippen LogP contribution is -2.46. The number of carbonyl (C=O) groups is 1. The highest BCUT2D eigenvalue weighted by Gasteiger charge is 2.20. The third-order valence-electron chi connectivity index (χ3n) is 3.45. The van der Waals surface area contributed by atoms with Crippen molar-refractivity contribution in [2.75, 3.05) is 20.1 Å². The van der Waals surface area contributed by atoms with Gasteiger partial charge in [-0.15, -0.1) is 0 Å². The molecule has 1 unspecified atom stereocenters. The molecule has 0 bridgehead atoms. The van der Waals surface area contributed by atoms with Crippen LogP contribution in [0.3, 0.4) is 0 Å². The van der Waals surface area contributed by atoms with Crippen molar-refractivity contribution in [1.29, 1.82) is 0 Å². The quantitative estimate of drug-likeness (QED) is 0.862. The number of hydrogen-bond acceptors (Lipinski definition) is 2. The number of nitrogens with zero attached hydrogens (tertiary/aromatic N) is 1. The summed E-state index contributed by atoms with van der Waals surface area (Å²) in [5.74, 6) is 0.0554. The van der Waals surface area contributed by atoms with E-state index in [0.717, 1.165) is 31.5 Å². The van der Waals surface area contributed by atoms with Crippen molar-refractivity contribution in [1.82, 2.24) is 10.2 Å². The van der Waals surface area contributed by atoms with E-state index in [1.165, 1.54) is 0 Å². The zero-order valence-corrected chi connectivity index (χ0v) is 11.9. The van der Waals surface area contributed by atoms with E-state index in [9.17, 15) is 4.79 Å². The van der Waals surface area contributed by atoms with E-state index in [1.54, 1.807) is 12.2 Å². The van der Waals surface area contributed by atoms with E-state index >= 15 is 0 Å². The molecule has 1 aliphatic rings.